The van der Waals surface area contributed by atoms with Gasteiger partial charge in [-0.25, -0.2) is 0 Å². The normalized spacial score (nSPS) is 14.6. The lowest BCUT2D eigenvalue weighted by Crippen LogP contribution is -1.95. The fourth-order valence-electron chi connectivity index (χ4n) is 2.54. The fraction of sp³-hybridized carbons (Fsp3) is 0.111. The van der Waals surface area contributed by atoms with E-state index in [9.17, 15) is 10.2 Å². The maximum atomic E-state index is 9.41. The van der Waals surface area contributed by atoms with Crippen LogP contribution in [0.5, 0.6) is 11.5 Å². The van der Waals surface area contributed by atoms with Gasteiger partial charge in [0.15, 0.2) is 0 Å². The first-order valence-electron chi connectivity index (χ1n) is 6.72. The van der Waals surface area contributed by atoms with E-state index in [4.69, 9.17) is 0 Å². The van der Waals surface area contributed by atoms with Crippen molar-refractivity contribution in [2.75, 3.05) is 0 Å². The van der Waals surface area contributed by atoms with Crippen molar-refractivity contribution in [2.24, 2.45) is 0 Å². The Kier molecular flexibility index (Phi) is 3.30. The third kappa shape index (κ3) is 2.45. The summed E-state index contributed by atoms with van der Waals surface area (Å²) in [6, 6.07) is 14.6. The molecule has 100 valence electrons. The summed E-state index contributed by atoms with van der Waals surface area (Å²) in [5.74, 6) is 0.562. The standard InChI is InChI=1S/C18H16O2/c19-15-9-5-13(6-10-15)17-3-1-2-4-18(17)14-7-11-16(20)12-8-14/h1,3,5-12,19-20H,2,4H2. The lowest BCUT2D eigenvalue weighted by molar-refractivity contribution is 0.474. The van der Waals surface area contributed by atoms with Crippen molar-refractivity contribution < 1.29 is 10.2 Å². The zero-order chi connectivity index (χ0) is 13.9. The first-order chi connectivity index (χ1) is 9.74. The van der Waals surface area contributed by atoms with Gasteiger partial charge >= 0.3 is 0 Å². The van der Waals surface area contributed by atoms with E-state index in [0.29, 0.717) is 0 Å². The van der Waals surface area contributed by atoms with Crippen LogP contribution in [0.15, 0.2) is 60.7 Å². The van der Waals surface area contributed by atoms with E-state index in [-0.39, 0.29) is 11.5 Å². The second kappa shape index (κ2) is 5.25. The molecule has 2 nitrogen and oxygen atoms in total. The molecule has 2 heteroatoms. The third-order valence-corrected chi connectivity index (χ3v) is 3.56. The Morgan fingerprint density at radius 2 is 1.25 bits per heavy atom. The highest BCUT2D eigenvalue weighted by molar-refractivity contribution is 5.96. The summed E-state index contributed by atoms with van der Waals surface area (Å²) in [6.45, 7) is 0. The third-order valence-electron chi connectivity index (χ3n) is 3.56. The van der Waals surface area contributed by atoms with Gasteiger partial charge in [0.25, 0.3) is 0 Å². The summed E-state index contributed by atoms with van der Waals surface area (Å²) in [5, 5.41) is 18.8. The number of benzene rings is 2. The Morgan fingerprint density at radius 1 is 0.700 bits per heavy atom. The first kappa shape index (κ1) is 12.5. The van der Waals surface area contributed by atoms with Crippen molar-refractivity contribution in [2.45, 2.75) is 12.8 Å². The Morgan fingerprint density at radius 3 is 1.85 bits per heavy atom. The molecule has 3 rings (SSSR count). The smallest absolute Gasteiger partial charge is 0.115 e. The minimum atomic E-state index is 0.278. The molecule has 2 N–H and O–H groups in total. The van der Waals surface area contributed by atoms with Crippen LogP contribution in [0.4, 0.5) is 0 Å². The quantitative estimate of drug-likeness (QED) is 0.846. The van der Waals surface area contributed by atoms with Crippen molar-refractivity contribution >= 4 is 11.1 Å². The largest absolute Gasteiger partial charge is 0.508 e. The summed E-state index contributed by atoms with van der Waals surface area (Å²) in [5.41, 5.74) is 4.69. The maximum Gasteiger partial charge on any atom is 0.115 e. The van der Waals surface area contributed by atoms with E-state index in [1.54, 1.807) is 24.3 Å². The number of hydrogen-bond acceptors (Lipinski definition) is 2. The molecule has 0 spiro atoms. The lowest BCUT2D eigenvalue weighted by atomic mass is 9.88. The lowest BCUT2D eigenvalue weighted by Gasteiger charge is -2.17. The zero-order valence-electron chi connectivity index (χ0n) is 11.1. The molecule has 0 saturated heterocycles. The molecule has 0 saturated carbocycles. The topological polar surface area (TPSA) is 40.5 Å². The molecule has 0 heterocycles. The molecule has 1 aliphatic rings. The number of rotatable bonds is 2. The van der Waals surface area contributed by atoms with Crippen molar-refractivity contribution in [3.05, 3.63) is 71.8 Å². The molecular weight excluding hydrogens is 248 g/mol. The van der Waals surface area contributed by atoms with Gasteiger partial charge in [-0.3, -0.25) is 0 Å². The highest BCUT2D eigenvalue weighted by Crippen LogP contribution is 2.35. The van der Waals surface area contributed by atoms with E-state index >= 15 is 0 Å². The zero-order valence-corrected chi connectivity index (χ0v) is 11.1. The fourth-order valence-corrected chi connectivity index (χ4v) is 2.54. The van der Waals surface area contributed by atoms with Crippen LogP contribution < -0.4 is 0 Å². The van der Waals surface area contributed by atoms with E-state index in [1.807, 2.05) is 24.3 Å². The molecule has 0 aromatic heterocycles. The average molecular weight is 264 g/mol. The molecule has 0 fully saturated rings. The monoisotopic (exact) mass is 264 g/mol. The summed E-state index contributed by atoms with van der Waals surface area (Å²) in [7, 11) is 0. The Labute approximate surface area is 118 Å². The molecule has 2 aromatic carbocycles. The molecule has 0 atom stereocenters. The van der Waals surface area contributed by atoms with Crippen LogP contribution in [0, 0.1) is 0 Å². The molecule has 20 heavy (non-hydrogen) atoms. The van der Waals surface area contributed by atoms with Crippen LogP contribution in [-0.4, -0.2) is 10.2 Å². The Hall–Kier alpha value is -2.48. The van der Waals surface area contributed by atoms with Gasteiger partial charge in [-0.15, -0.1) is 0 Å². The number of phenolic OH excluding ortho intramolecular Hbond substituents is 2. The van der Waals surface area contributed by atoms with E-state index in [0.717, 1.165) is 24.0 Å². The molecule has 1 aliphatic carbocycles. The van der Waals surface area contributed by atoms with Crippen molar-refractivity contribution in [3.8, 4) is 11.5 Å². The maximum absolute atomic E-state index is 9.41. The van der Waals surface area contributed by atoms with Gasteiger partial charge < -0.3 is 10.2 Å². The molecule has 2 aromatic rings. The SMILES string of the molecule is Oc1ccc(C2=C(c3ccc(O)cc3)CCC=C2)cc1. The summed E-state index contributed by atoms with van der Waals surface area (Å²) >= 11 is 0. The number of phenols is 2. The van der Waals surface area contributed by atoms with Gasteiger partial charge in [-0.05, 0) is 59.4 Å². The van der Waals surface area contributed by atoms with E-state index < -0.39 is 0 Å². The Balaban J connectivity index is 2.10. The Bertz CT molecular complexity index is 662. The van der Waals surface area contributed by atoms with Gasteiger partial charge in [0.05, 0.1) is 0 Å². The van der Waals surface area contributed by atoms with Crippen LogP contribution in [0.1, 0.15) is 24.0 Å². The van der Waals surface area contributed by atoms with Crippen molar-refractivity contribution in [1.82, 2.24) is 0 Å². The average Bonchev–Trinajstić information content (AvgIpc) is 2.49. The number of allylic oxidation sites excluding steroid dienone is 4. The van der Waals surface area contributed by atoms with Gasteiger partial charge in [-0.2, -0.15) is 0 Å². The predicted molar refractivity (Wildman–Crippen MR) is 81.4 cm³/mol. The molecule has 0 unspecified atom stereocenters. The van der Waals surface area contributed by atoms with Crippen LogP contribution >= 0.6 is 0 Å². The van der Waals surface area contributed by atoms with Crippen LogP contribution in [0.2, 0.25) is 0 Å². The van der Waals surface area contributed by atoms with Crippen LogP contribution in [0.25, 0.3) is 11.1 Å². The summed E-state index contributed by atoms with van der Waals surface area (Å²) in [6.07, 6.45) is 6.32. The number of aromatic hydroxyl groups is 2. The molecule has 0 radical (unpaired) electrons. The van der Waals surface area contributed by atoms with Gasteiger partial charge in [0, 0.05) is 0 Å². The minimum Gasteiger partial charge on any atom is -0.508 e. The summed E-state index contributed by atoms with van der Waals surface area (Å²) < 4.78 is 0. The van der Waals surface area contributed by atoms with E-state index in [2.05, 4.69) is 12.2 Å². The minimum absolute atomic E-state index is 0.278. The van der Waals surface area contributed by atoms with Gasteiger partial charge in [0.1, 0.15) is 11.5 Å². The molecule has 0 aliphatic heterocycles. The van der Waals surface area contributed by atoms with E-state index in [1.165, 1.54) is 11.1 Å². The summed E-state index contributed by atoms with van der Waals surface area (Å²) in [4.78, 5) is 0. The second-order valence-corrected chi connectivity index (χ2v) is 4.93. The number of hydrogen-bond donors (Lipinski definition) is 2. The first-order valence-corrected chi connectivity index (χ1v) is 6.72. The van der Waals surface area contributed by atoms with Crippen molar-refractivity contribution in [3.63, 3.8) is 0 Å². The van der Waals surface area contributed by atoms with Crippen LogP contribution in [-0.2, 0) is 0 Å². The predicted octanol–water partition coefficient (Wildman–Crippen LogP) is 4.36. The van der Waals surface area contributed by atoms with Gasteiger partial charge in [-0.1, -0.05) is 36.4 Å². The highest BCUT2D eigenvalue weighted by atomic mass is 16.3. The molecule has 0 bridgehead atoms. The molecule has 0 amide bonds. The molecular formula is C18H16O2. The van der Waals surface area contributed by atoms with Crippen LogP contribution in [0.3, 0.4) is 0 Å². The van der Waals surface area contributed by atoms with Gasteiger partial charge in [0.2, 0.25) is 0 Å². The second-order valence-electron chi connectivity index (χ2n) is 4.93. The van der Waals surface area contributed by atoms with Crippen molar-refractivity contribution in [1.29, 1.82) is 0 Å². The highest BCUT2D eigenvalue weighted by Gasteiger charge is 2.12.